The molecule has 0 spiro atoms. The molecule has 1 aliphatic rings. The summed E-state index contributed by atoms with van der Waals surface area (Å²) in [4.78, 5) is 14.4. The first-order chi connectivity index (χ1) is 9.81. The lowest BCUT2D eigenvalue weighted by Crippen LogP contribution is -2.48. The second kappa shape index (κ2) is 6.25. The Balaban J connectivity index is 2.22. The van der Waals surface area contributed by atoms with Crippen molar-refractivity contribution in [3.05, 3.63) is 34.3 Å². The molecular weight excluding hydrogens is 334 g/mol. The van der Waals surface area contributed by atoms with E-state index in [9.17, 15) is 9.90 Å². The highest BCUT2D eigenvalue weighted by Gasteiger charge is 2.39. The van der Waals surface area contributed by atoms with Crippen LogP contribution in [-0.2, 0) is 4.79 Å². The van der Waals surface area contributed by atoms with Gasteiger partial charge in [0.2, 0.25) is 5.78 Å². The number of nitrogens with zero attached hydrogens (tertiary/aromatic N) is 2. The van der Waals surface area contributed by atoms with E-state index in [2.05, 4.69) is 26.5 Å². The third kappa shape index (κ3) is 3.70. The highest BCUT2D eigenvalue weighted by Crippen LogP contribution is 2.25. The van der Waals surface area contributed by atoms with Crippen LogP contribution in [0.1, 0.15) is 18.4 Å². The summed E-state index contributed by atoms with van der Waals surface area (Å²) in [6.07, 6.45) is 0. The Hall–Kier alpha value is -1.24. The van der Waals surface area contributed by atoms with Gasteiger partial charge >= 0.3 is 0 Å². The number of ketones is 1. The zero-order valence-electron chi connectivity index (χ0n) is 12.4. The van der Waals surface area contributed by atoms with E-state index in [-0.39, 0.29) is 18.2 Å². The van der Waals surface area contributed by atoms with E-state index >= 15 is 0 Å². The van der Waals surface area contributed by atoms with Crippen LogP contribution in [0.5, 0.6) is 0 Å². The molecule has 0 radical (unpaired) electrons. The van der Waals surface area contributed by atoms with Gasteiger partial charge in [0.25, 0.3) is 0 Å². The van der Waals surface area contributed by atoms with E-state index in [4.69, 9.17) is 0 Å². The van der Waals surface area contributed by atoms with Gasteiger partial charge in [0, 0.05) is 17.6 Å². The summed E-state index contributed by atoms with van der Waals surface area (Å²) < 4.78 is 0.988. The quantitative estimate of drug-likeness (QED) is 0.839. The van der Waals surface area contributed by atoms with Crippen molar-refractivity contribution >= 4 is 27.4 Å². The summed E-state index contributed by atoms with van der Waals surface area (Å²) in [7, 11) is 3.64. The molecule has 1 aliphatic heterocycles. The van der Waals surface area contributed by atoms with Crippen LogP contribution < -0.4 is 5.43 Å². The number of aliphatic hydroxyl groups is 1. The van der Waals surface area contributed by atoms with E-state index < -0.39 is 5.60 Å². The summed E-state index contributed by atoms with van der Waals surface area (Å²) in [5.41, 5.74) is 2.83. The van der Waals surface area contributed by atoms with E-state index in [1.54, 1.807) is 4.90 Å². The fraction of sp³-hybridized carbons (Fsp3) is 0.467. The lowest BCUT2D eigenvalue weighted by Gasteiger charge is -2.26. The highest BCUT2D eigenvalue weighted by molar-refractivity contribution is 9.10. The molecule has 0 fully saturated rings. The van der Waals surface area contributed by atoms with Gasteiger partial charge in [-0.1, -0.05) is 28.1 Å². The number of carbonyl (C=O) groups excluding carboxylic acids is 1. The first-order valence-electron chi connectivity index (χ1n) is 6.79. The number of likely N-dealkylation sites (N-methyl/N-ethyl adjacent to an activating group) is 1. The number of benzene rings is 1. The Bertz CT molecular complexity index is 553. The number of hydrazone groups is 1. The van der Waals surface area contributed by atoms with Crippen LogP contribution >= 0.6 is 15.9 Å². The van der Waals surface area contributed by atoms with Gasteiger partial charge in [0.05, 0.1) is 5.92 Å². The largest absolute Gasteiger partial charge is 0.381 e. The Labute approximate surface area is 133 Å². The molecule has 2 unspecified atom stereocenters. The average Bonchev–Trinajstić information content (AvgIpc) is 2.86. The molecule has 2 rings (SSSR count). The SMILES string of the molecule is CN(C)CC(C)(O)C(=O)C1=NNCC1c1ccc(Br)cc1. The minimum Gasteiger partial charge on any atom is -0.381 e. The van der Waals surface area contributed by atoms with Crippen LogP contribution in [0.15, 0.2) is 33.8 Å². The Morgan fingerprint density at radius 2 is 2.10 bits per heavy atom. The van der Waals surface area contributed by atoms with Crippen LogP contribution in [0.25, 0.3) is 0 Å². The summed E-state index contributed by atoms with van der Waals surface area (Å²) in [5, 5.41) is 14.5. The van der Waals surface area contributed by atoms with Crippen molar-refractivity contribution in [1.82, 2.24) is 10.3 Å². The molecule has 1 aromatic carbocycles. The minimum absolute atomic E-state index is 0.126. The topological polar surface area (TPSA) is 64.9 Å². The van der Waals surface area contributed by atoms with Gasteiger partial charge in [-0.3, -0.25) is 4.79 Å². The van der Waals surface area contributed by atoms with Gasteiger partial charge in [-0.05, 0) is 38.7 Å². The van der Waals surface area contributed by atoms with Crippen molar-refractivity contribution in [1.29, 1.82) is 0 Å². The fourth-order valence-corrected chi connectivity index (χ4v) is 2.80. The lowest BCUT2D eigenvalue weighted by molar-refractivity contribution is -0.129. The van der Waals surface area contributed by atoms with Crippen molar-refractivity contribution in [3.8, 4) is 0 Å². The summed E-state index contributed by atoms with van der Waals surface area (Å²) in [6, 6.07) is 7.80. The van der Waals surface area contributed by atoms with Crippen molar-refractivity contribution in [2.24, 2.45) is 5.10 Å². The van der Waals surface area contributed by atoms with Crippen LogP contribution in [-0.4, -0.2) is 54.3 Å². The lowest BCUT2D eigenvalue weighted by atomic mass is 9.86. The molecule has 1 heterocycles. The number of carbonyl (C=O) groups is 1. The van der Waals surface area contributed by atoms with Crippen LogP contribution in [0.2, 0.25) is 0 Å². The van der Waals surface area contributed by atoms with Crippen LogP contribution in [0, 0.1) is 0 Å². The molecule has 6 heteroatoms. The maximum Gasteiger partial charge on any atom is 0.211 e. The van der Waals surface area contributed by atoms with Gasteiger partial charge in [-0.2, -0.15) is 5.10 Å². The minimum atomic E-state index is -1.44. The van der Waals surface area contributed by atoms with Gasteiger partial charge in [0.1, 0.15) is 11.3 Å². The van der Waals surface area contributed by atoms with Gasteiger partial charge in [-0.15, -0.1) is 0 Å². The van der Waals surface area contributed by atoms with E-state index in [0.717, 1.165) is 10.0 Å². The molecule has 5 nitrogen and oxygen atoms in total. The van der Waals surface area contributed by atoms with E-state index in [1.165, 1.54) is 6.92 Å². The fourth-order valence-electron chi connectivity index (χ4n) is 2.54. The van der Waals surface area contributed by atoms with Crippen LogP contribution in [0.3, 0.4) is 0 Å². The first-order valence-corrected chi connectivity index (χ1v) is 7.58. The average molecular weight is 354 g/mol. The summed E-state index contributed by atoms with van der Waals surface area (Å²) in [6.45, 7) is 2.37. The Morgan fingerprint density at radius 3 is 2.67 bits per heavy atom. The predicted octanol–water partition coefficient (Wildman–Crippen LogP) is 1.37. The van der Waals surface area contributed by atoms with Crippen molar-refractivity contribution < 1.29 is 9.90 Å². The maximum atomic E-state index is 12.6. The molecule has 0 amide bonds. The van der Waals surface area contributed by atoms with Gasteiger partial charge in [0.15, 0.2) is 0 Å². The highest BCUT2D eigenvalue weighted by atomic mass is 79.9. The third-order valence-electron chi connectivity index (χ3n) is 3.44. The summed E-state index contributed by atoms with van der Waals surface area (Å²) in [5.74, 6) is -0.451. The van der Waals surface area contributed by atoms with E-state index in [0.29, 0.717) is 12.3 Å². The van der Waals surface area contributed by atoms with E-state index in [1.807, 2.05) is 38.4 Å². The maximum absolute atomic E-state index is 12.6. The zero-order valence-corrected chi connectivity index (χ0v) is 14.0. The molecule has 0 bridgehead atoms. The molecular formula is C15H20BrN3O2. The van der Waals surface area contributed by atoms with Gasteiger partial charge < -0.3 is 15.4 Å². The molecule has 0 aromatic heterocycles. The molecule has 21 heavy (non-hydrogen) atoms. The Kier molecular flexibility index (Phi) is 4.81. The smallest absolute Gasteiger partial charge is 0.211 e. The van der Waals surface area contributed by atoms with Crippen LogP contribution in [0.4, 0.5) is 0 Å². The number of hydrogen-bond acceptors (Lipinski definition) is 5. The molecule has 0 saturated heterocycles. The zero-order chi connectivity index (χ0) is 15.6. The Morgan fingerprint density at radius 1 is 1.48 bits per heavy atom. The molecule has 2 N–H and O–H groups in total. The molecule has 0 saturated carbocycles. The number of Topliss-reactive ketones (excluding diaryl/α,β-unsaturated/α-hetero) is 1. The predicted molar refractivity (Wildman–Crippen MR) is 86.5 cm³/mol. The number of halogens is 1. The van der Waals surface area contributed by atoms with Crippen molar-refractivity contribution in [2.75, 3.05) is 27.2 Å². The number of nitrogens with one attached hydrogen (secondary N) is 1. The van der Waals surface area contributed by atoms with Crippen molar-refractivity contribution in [3.63, 3.8) is 0 Å². The number of rotatable bonds is 5. The molecule has 2 atom stereocenters. The second-order valence-electron chi connectivity index (χ2n) is 5.80. The summed E-state index contributed by atoms with van der Waals surface area (Å²) >= 11 is 3.40. The molecule has 114 valence electrons. The standard InChI is InChI=1S/C15H20BrN3O2/c1-15(21,9-19(2)3)14(20)13-12(8-17-18-13)10-4-6-11(16)7-5-10/h4-7,12,17,21H,8-9H2,1-3H3. The van der Waals surface area contributed by atoms with Gasteiger partial charge in [-0.25, -0.2) is 0 Å². The second-order valence-corrected chi connectivity index (χ2v) is 6.72. The first kappa shape index (κ1) is 16.1. The monoisotopic (exact) mass is 353 g/mol. The third-order valence-corrected chi connectivity index (χ3v) is 3.97. The molecule has 1 aromatic rings. The molecule has 0 aliphatic carbocycles. The normalized spacial score (nSPS) is 20.9. The number of hydrogen-bond donors (Lipinski definition) is 2. The van der Waals surface area contributed by atoms with Crippen molar-refractivity contribution in [2.45, 2.75) is 18.4 Å².